The minimum atomic E-state index is -0.533. The van der Waals surface area contributed by atoms with Gasteiger partial charge in [-0.1, -0.05) is 103 Å². The molecule has 0 saturated heterocycles. The minimum absolute atomic E-state index is 0.169. The van der Waals surface area contributed by atoms with E-state index in [4.69, 9.17) is 4.98 Å². The van der Waals surface area contributed by atoms with Gasteiger partial charge in [0.15, 0.2) is 0 Å². The van der Waals surface area contributed by atoms with Gasteiger partial charge in [-0.2, -0.15) is 0 Å². The molecule has 1 heterocycles. The molecule has 0 fully saturated rings. The Morgan fingerprint density at radius 3 is 2.17 bits per heavy atom. The lowest BCUT2D eigenvalue weighted by molar-refractivity contribution is 0.171. The highest BCUT2D eigenvalue weighted by atomic mass is 16.2. The Kier molecular flexibility index (Phi) is 7.28. The molecule has 1 unspecified atom stereocenters. The monoisotopic (exact) mass is 538 g/mol. The largest absolute Gasteiger partial charge is 0.334 e. The van der Waals surface area contributed by atoms with Crippen LogP contribution in [0.4, 0.5) is 4.79 Å². The van der Waals surface area contributed by atoms with E-state index in [1.165, 1.54) is 0 Å². The van der Waals surface area contributed by atoms with Gasteiger partial charge in [-0.15, -0.1) is 0 Å². The summed E-state index contributed by atoms with van der Waals surface area (Å²) in [7, 11) is 0. The maximum atomic E-state index is 14.1. The Hall–Kier alpha value is -5.23. The molecule has 1 aromatic heterocycles. The molecule has 0 saturated carbocycles. The third-order valence-corrected chi connectivity index (χ3v) is 7.38. The fourth-order valence-electron chi connectivity index (χ4n) is 5.17. The predicted octanol–water partition coefficient (Wildman–Crippen LogP) is 7.01. The minimum Gasteiger partial charge on any atom is -0.334 e. The van der Waals surface area contributed by atoms with E-state index in [1.807, 2.05) is 128 Å². The molecule has 0 radical (unpaired) electrons. The summed E-state index contributed by atoms with van der Waals surface area (Å²) in [6.45, 7) is 2.67. The Morgan fingerprint density at radius 1 is 0.780 bits per heavy atom. The summed E-state index contributed by atoms with van der Waals surface area (Å²) < 4.78 is 1.65. The zero-order valence-corrected chi connectivity index (χ0v) is 22.8. The van der Waals surface area contributed by atoms with Crippen molar-refractivity contribution in [3.63, 3.8) is 0 Å². The van der Waals surface area contributed by atoms with Crippen LogP contribution < -0.4 is 10.9 Å². The Bertz CT molecular complexity index is 1880. The molecule has 6 heteroatoms. The number of hydrogen-bond donors (Lipinski definition) is 1. The maximum Gasteiger partial charge on any atom is 0.318 e. The highest BCUT2D eigenvalue weighted by Crippen LogP contribution is 2.26. The number of carbonyl (C=O) groups excluding carboxylic acids is 1. The summed E-state index contributed by atoms with van der Waals surface area (Å²) in [5, 5.41) is 5.71. The van der Waals surface area contributed by atoms with Crippen molar-refractivity contribution >= 4 is 27.7 Å². The number of carbonyl (C=O) groups is 1. The van der Waals surface area contributed by atoms with Crippen LogP contribution in [-0.2, 0) is 13.1 Å². The number of benzene rings is 5. The van der Waals surface area contributed by atoms with Crippen LogP contribution in [0.15, 0.2) is 132 Å². The molecule has 2 amide bonds. The lowest BCUT2D eigenvalue weighted by Gasteiger charge is -2.31. The van der Waals surface area contributed by atoms with E-state index in [9.17, 15) is 9.59 Å². The van der Waals surface area contributed by atoms with Gasteiger partial charge in [0.25, 0.3) is 5.56 Å². The molecule has 1 atom stereocenters. The number of nitrogens with zero attached hydrogens (tertiary/aromatic N) is 3. The summed E-state index contributed by atoms with van der Waals surface area (Å²) >= 11 is 0. The number of amides is 2. The molecule has 6 rings (SSSR count). The molecular formula is C35H30N4O2. The molecule has 5 aromatic carbocycles. The highest BCUT2D eigenvalue weighted by molar-refractivity contribution is 5.85. The molecule has 6 nitrogen and oxygen atoms in total. The quantitative estimate of drug-likeness (QED) is 0.238. The van der Waals surface area contributed by atoms with Gasteiger partial charge in [0.05, 0.1) is 22.6 Å². The van der Waals surface area contributed by atoms with Crippen molar-refractivity contribution in [2.24, 2.45) is 0 Å². The van der Waals surface area contributed by atoms with E-state index >= 15 is 0 Å². The van der Waals surface area contributed by atoms with E-state index in [2.05, 4.69) is 5.32 Å². The van der Waals surface area contributed by atoms with Crippen LogP contribution in [0.1, 0.15) is 29.9 Å². The number of para-hydroxylation sites is 1. The number of rotatable bonds is 7. The smallest absolute Gasteiger partial charge is 0.318 e. The molecule has 41 heavy (non-hydrogen) atoms. The molecule has 0 bridgehead atoms. The normalized spacial score (nSPS) is 11.8. The van der Waals surface area contributed by atoms with Crippen LogP contribution in [0.25, 0.3) is 27.4 Å². The zero-order valence-electron chi connectivity index (χ0n) is 22.8. The van der Waals surface area contributed by atoms with Gasteiger partial charge in [0.2, 0.25) is 0 Å². The average molecular weight is 539 g/mol. The number of hydrogen-bond acceptors (Lipinski definition) is 3. The number of fused-ring (bicyclic) bond motifs is 2. The van der Waals surface area contributed by atoms with Crippen LogP contribution >= 0.6 is 0 Å². The first-order chi connectivity index (χ1) is 20.1. The van der Waals surface area contributed by atoms with Crippen molar-refractivity contribution in [3.8, 4) is 5.69 Å². The zero-order chi connectivity index (χ0) is 28.2. The van der Waals surface area contributed by atoms with Crippen LogP contribution in [0.2, 0.25) is 0 Å². The fraction of sp³-hybridized carbons (Fsp3) is 0.114. The number of aromatic nitrogens is 2. The van der Waals surface area contributed by atoms with Crippen molar-refractivity contribution in [1.29, 1.82) is 0 Å². The van der Waals surface area contributed by atoms with Gasteiger partial charge in [-0.3, -0.25) is 9.36 Å². The SMILES string of the molecule is CC(c1nc2ccccc2c(=O)n1-c1ccc2ccccc2c1)N(Cc1ccccc1)C(=O)NCc1ccccc1. The Morgan fingerprint density at radius 2 is 1.41 bits per heavy atom. The first-order valence-electron chi connectivity index (χ1n) is 13.7. The van der Waals surface area contributed by atoms with Gasteiger partial charge in [-0.05, 0) is 53.1 Å². The molecule has 202 valence electrons. The van der Waals surface area contributed by atoms with E-state index in [1.54, 1.807) is 15.5 Å². The molecule has 6 aromatic rings. The summed E-state index contributed by atoms with van der Waals surface area (Å²) in [4.78, 5) is 34.6. The van der Waals surface area contributed by atoms with Crippen molar-refractivity contribution in [1.82, 2.24) is 19.8 Å². The summed E-state index contributed by atoms with van der Waals surface area (Å²) in [5.74, 6) is 0.495. The first-order valence-corrected chi connectivity index (χ1v) is 13.7. The van der Waals surface area contributed by atoms with Crippen LogP contribution in [0.3, 0.4) is 0 Å². The lowest BCUT2D eigenvalue weighted by atomic mass is 10.1. The second-order valence-corrected chi connectivity index (χ2v) is 10.1. The third kappa shape index (κ3) is 5.45. The average Bonchev–Trinajstić information content (AvgIpc) is 3.03. The molecular weight excluding hydrogens is 508 g/mol. The van der Waals surface area contributed by atoms with E-state index in [0.29, 0.717) is 35.5 Å². The van der Waals surface area contributed by atoms with Crippen molar-refractivity contribution in [2.75, 3.05) is 0 Å². The van der Waals surface area contributed by atoms with Crippen LogP contribution in [0, 0.1) is 0 Å². The second-order valence-electron chi connectivity index (χ2n) is 10.1. The summed E-state index contributed by atoms with van der Waals surface area (Å²) in [5.41, 5.74) is 3.12. The lowest BCUT2D eigenvalue weighted by Crippen LogP contribution is -2.42. The van der Waals surface area contributed by atoms with Gasteiger partial charge < -0.3 is 10.2 Å². The molecule has 0 aliphatic carbocycles. The molecule has 0 spiro atoms. The standard InChI is InChI=1S/C35H30N4O2/c1-25(38(24-27-14-6-3-7-15-27)35(41)36-23-26-12-4-2-5-13-26)33-37-32-19-11-10-18-31(32)34(40)39(33)30-21-20-28-16-8-9-17-29(28)22-30/h2-22,25H,23-24H2,1H3,(H,36,41). The van der Waals surface area contributed by atoms with E-state index in [0.717, 1.165) is 21.9 Å². The topological polar surface area (TPSA) is 67.2 Å². The van der Waals surface area contributed by atoms with E-state index in [-0.39, 0.29) is 11.6 Å². The Labute approximate surface area is 238 Å². The molecule has 0 aliphatic heterocycles. The first kappa shape index (κ1) is 26.0. The highest BCUT2D eigenvalue weighted by Gasteiger charge is 2.27. The van der Waals surface area contributed by atoms with E-state index < -0.39 is 6.04 Å². The van der Waals surface area contributed by atoms with Gasteiger partial charge >= 0.3 is 6.03 Å². The number of nitrogens with one attached hydrogen (secondary N) is 1. The number of urea groups is 1. The fourth-order valence-corrected chi connectivity index (χ4v) is 5.17. The van der Waals surface area contributed by atoms with Crippen molar-refractivity contribution in [3.05, 3.63) is 155 Å². The van der Waals surface area contributed by atoms with Crippen molar-refractivity contribution < 1.29 is 4.79 Å². The summed E-state index contributed by atoms with van der Waals surface area (Å²) in [6.07, 6.45) is 0. The second kappa shape index (κ2) is 11.5. The van der Waals surface area contributed by atoms with Crippen molar-refractivity contribution in [2.45, 2.75) is 26.1 Å². The van der Waals surface area contributed by atoms with Gasteiger partial charge in [-0.25, -0.2) is 9.78 Å². The third-order valence-electron chi connectivity index (χ3n) is 7.38. The van der Waals surface area contributed by atoms with Gasteiger partial charge in [0.1, 0.15) is 5.82 Å². The maximum absolute atomic E-state index is 14.1. The van der Waals surface area contributed by atoms with Gasteiger partial charge in [0, 0.05) is 13.1 Å². The molecule has 0 aliphatic rings. The summed E-state index contributed by atoms with van der Waals surface area (Å²) in [6, 6.07) is 40.3. The predicted molar refractivity (Wildman–Crippen MR) is 164 cm³/mol. The van der Waals surface area contributed by atoms with Crippen LogP contribution in [-0.4, -0.2) is 20.5 Å². The van der Waals surface area contributed by atoms with Crippen LogP contribution in [0.5, 0.6) is 0 Å². The molecule has 1 N–H and O–H groups in total. The Balaban J connectivity index is 1.47.